The fraction of sp³-hybridized carbons (Fsp3) is 0.627. The molecule has 3 fully saturated rings. The number of ether oxygens (including phenoxy) is 15. The lowest BCUT2D eigenvalue weighted by atomic mass is 9.85. The van der Waals surface area contributed by atoms with Crippen molar-refractivity contribution in [2.75, 3.05) is 188 Å². The quantitative estimate of drug-likeness (QED) is 0.0213. The molecule has 16 atom stereocenters. The molecule has 1 aromatic heterocycles. The van der Waals surface area contributed by atoms with Gasteiger partial charge in [0, 0.05) is 120 Å². The smallest absolute Gasteiger partial charge is 0.262 e. The molecule has 40 nitrogen and oxygen atoms in total. The van der Waals surface area contributed by atoms with Gasteiger partial charge in [0.25, 0.3) is 21.8 Å². The average molecular weight is 1770 g/mol. The number of aliphatic hydroxyl groups excluding tert-OH is 8. The van der Waals surface area contributed by atoms with Crippen molar-refractivity contribution in [1.82, 2.24) is 31.6 Å². The van der Waals surface area contributed by atoms with Gasteiger partial charge in [-0.25, -0.2) is 8.42 Å². The SMILES string of the molecule is CC[C@H]1O[C@@H](OCCOCCOCCNC(=O)CCOCC(COCCC(=O)NCCOCCOCCOC2O[C@H](CO)[C@H](O)[C@H](O)[C@H]2C)(COCCC(=O)NCCOCCOCCO[C@@H]2O[C@H](CO)[C@H](O)[C@H](O)[C@H]2NC(C)=O)CC(=O)CNC(=O)c2ccc(-c3c(NS(=O)(=O)c4ccc5c6c(cccc46)C(=O)N5)ccc4[nH]ccc34)cc2)[C@H](C)[C@@H](O)[C@H]1O. The van der Waals surface area contributed by atoms with E-state index in [-0.39, 0.29) is 206 Å². The van der Waals surface area contributed by atoms with Crippen LogP contribution in [0.3, 0.4) is 0 Å². The molecule has 690 valence electrons. The van der Waals surface area contributed by atoms with Gasteiger partial charge in [0.15, 0.2) is 24.7 Å². The molecular formula is C83H120N8O32S. The molecule has 4 aromatic carbocycles. The van der Waals surface area contributed by atoms with Crippen molar-refractivity contribution in [1.29, 1.82) is 0 Å². The molecule has 5 aromatic rings. The van der Waals surface area contributed by atoms with E-state index in [9.17, 15) is 82.8 Å². The predicted octanol–water partition coefficient (Wildman–Crippen LogP) is -0.740. The normalized spacial score (nSPS) is 23.7. The summed E-state index contributed by atoms with van der Waals surface area (Å²) in [5.41, 5.74) is 1.50. The van der Waals surface area contributed by atoms with E-state index in [1.807, 2.05) is 6.92 Å². The summed E-state index contributed by atoms with van der Waals surface area (Å²) in [5.74, 6) is -4.26. The van der Waals surface area contributed by atoms with E-state index in [1.54, 1.807) is 74.6 Å². The maximum atomic E-state index is 14.5. The molecule has 0 bridgehead atoms. The Morgan fingerprint density at radius 3 is 1.49 bits per heavy atom. The first kappa shape index (κ1) is 99.8. The van der Waals surface area contributed by atoms with E-state index < -0.39 is 162 Å². The van der Waals surface area contributed by atoms with Crippen molar-refractivity contribution in [3.8, 4) is 11.1 Å². The number of amides is 6. The second-order valence-electron chi connectivity index (χ2n) is 30.3. The monoisotopic (exact) mass is 1770 g/mol. The molecular weight excluding hydrogens is 1650 g/mol. The molecule has 0 radical (unpaired) electrons. The molecule has 3 saturated heterocycles. The number of rotatable bonds is 58. The highest BCUT2D eigenvalue weighted by Gasteiger charge is 2.47. The van der Waals surface area contributed by atoms with E-state index in [1.165, 1.54) is 25.1 Å². The van der Waals surface area contributed by atoms with Crippen LogP contribution >= 0.6 is 0 Å². The van der Waals surface area contributed by atoms with Gasteiger partial charge in [-0.05, 0) is 60.5 Å². The van der Waals surface area contributed by atoms with Crippen LogP contribution in [-0.4, -0.2) is 353 Å². The average Bonchev–Trinajstić information content (AvgIpc) is 1.37. The van der Waals surface area contributed by atoms with Crippen molar-refractivity contribution in [2.24, 2.45) is 17.3 Å². The molecule has 41 heteroatoms. The number of fused-ring (bicyclic) bond motifs is 1. The number of aliphatic hydroxyl groups is 8. The lowest BCUT2D eigenvalue weighted by molar-refractivity contribution is -0.284. The number of anilines is 2. The second kappa shape index (κ2) is 51.1. The van der Waals surface area contributed by atoms with E-state index >= 15 is 0 Å². The summed E-state index contributed by atoms with van der Waals surface area (Å²) >= 11 is 0. The van der Waals surface area contributed by atoms with Gasteiger partial charge >= 0.3 is 0 Å². The first-order valence-corrected chi connectivity index (χ1v) is 43.0. The van der Waals surface area contributed by atoms with Crippen molar-refractivity contribution < 1.29 is 154 Å². The molecule has 2 unspecified atom stereocenters. The van der Waals surface area contributed by atoms with Crippen molar-refractivity contribution >= 4 is 84.3 Å². The van der Waals surface area contributed by atoms with Gasteiger partial charge in [0.2, 0.25) is 23.6 Å². The van der Waals surface area contributed by atoms with Crippen molar-refractivity contribution in [2.45, 2.75) is 145 Å². The Hall–Kier alpha value is -8.00. The Morgan fingerprint density at radius 2 is 0.984 bits per heavy atom. The molecule has 5 heterocycles. The molecule has 0 aliphatic carbocycles. The third-order valence-corrected chi connectivity index (χ3v) is 22.5. The predicted molar refractivity (Wildman–Crippen MR) is 441 cm³/mol. The number of sulfonamides is 1. The van der Waals surface area contributed by atoms with E-state index in [2.05, 4.69) is 41.6 Å². The second-order valence-corrected chi connectivity index (χ2v) is 32.0. The molecule has 9 rings (SSSR count). The molecule has 0 saturated carbocycles. The number of carbonyl (C=O) groups is 7. The molecule has 124 heavy (non-hydrogen) atoms. The minimum Gasteiger partial charge on any atom is -0.394 e. The Balaban J connectivity index is 0.790. The molecule has 4 aliphatic heterocycles. The van der Waals surface area contributed by atoms with E-state index in [0.29, 0.717) is 50.5 Å². The topological polar surface area (TPSA) is 554 Å². The lowest BCUT2D eigenvalue weighted by Crippen LogP contribution is -2.64. The number of Topliss-reactive ketones (excluding diaryl/α,β-unsaturated/α-hetero) is 1. The van der Waals surface area contributed by atoms with E-state index in [0.717, 1.165) is 0 Å². The number of aromatic nitrogens is 1. The Morgan fingerprint density at radius 1 is 0.508 bits per heavy atom. The number of hydrogen-bond donors (Lipinski definition) is 16. The number of carbonyl (C=O) groups excluding carboxylic acids is 7. The summed E-state index contributed by atoms with van der Waals surface area (Å²) in [6, 6.07) is 18.2. The van der Waals surface area contributed by atoms with Gasteiger partial charge in [-0.2, -0.15) is 0 Å². The maximum Gasteiger partial charge on any atom is 0.262 e. The molecule has 0 spiro atoms. The van der Waals surface area contributed by atoms with Crippen LogP contribution in [0.25, 0.3) is 32.8 Å². The minimum atomic E-state index is -4.31. The van der Waals surface area contributed by atoms with Crippen molar-refractivity contribution in [3.05, 3.63) is 90.1 Å². The van der Waals surface area contributed by atoms with Gasteiger partial charge < -0.3 is 149 Å². The van der Waals surface area contributed by atoms with Crippen LogP contribution in [0.5, 0.6) is 0 Å². The Bertz CT molecular complexity index is 4220. The van der Waals surface area contributed by atoms with Crippen LogP contribution < -0.4 is 36.6 Å². The maximum absolute atomic E-state index is 14.5. The summed E-state index contributed by atoms with van der Waals surface area (Å²) in [5, 5.41) is 98.8. The van der Waals surface area contributed by atoms with Gasteiger partial charge in [-0.1, -0.05) is 45.0 Å². The lowest BCUT2D eigenvalue weighted by Gasteiger charge is -2.42. The van der Waals surface area contributed by atoms with Gasteiger partial charge in [0.1, 0.15) is 42.7 Å². The summed E-state index contributed by atoms with van der Waals surface area (Å²) in [7, 11) is -4.31. The number of hydrogen-bond acceptors (Lipinski definition) is 32. The van der Waals surface area contributed by atoms with Gasteiger partial charge in [-0.15, -0.1) is 0 Å². The van der Waals surface area contributed by atoms with Crippen LogP contribution in [0.2, 0.25) is 0 Å². The largest absolute Gasteiger partial charge is 0.394 e. The standard InChI is InChI=1S/C83H120N8O32S/c1-5-62-74(101)72(99)50(2)80(121-62)118-40-37-112-34-31-109-28-22-85-66(96)18-25-115-47-83(48-116-26-19-67(97)86-23-29-110-32-35-113-38-41-119-81-51(3)73(100)75(102)63(45-92)122-81,49-117-27-20-68(98)87-24-30-111-33-36-114-39-42-120-82-71(89-52(4)94)77(104)76(103)64(46-93)123-82)43-55(95)44-88-78(105)54-11-9-53(10-12-54)69-56-17-21-84-59(56)13-14-61(69)91-124(107,108)65-16-15-60-70-57(65)7-6-8-58(70)79(106)90-60/h6-17,21,50-51,62-64,71-77,80-82,84,91-93,99-104H,5,18-20,22-49H2,1-4H3,(H,85,96)(H,86,97)(H,87,98)(H,88,105)(H,89,94)(H,90,106)/t50-,51-,62-,63-,64-,71-,72-,73-,74+,75+,76+,77-,80-,81?,82-,83?/m1/s1. The van der Waals surface area contributed by atoms with Gasteiger partial charge in [-0.3, -0.25) is 38.3 Å². The summed E-state index contributed by atoms with van der Waals surface area (Å²) in [6.07, 6.45) is -11.5. The molecule has 4 aliphatic rings. The number of nitrogens with one attached hydrogen (secondary N) is 8. The Labute approximate surface area is 717 Å². The van der Waals surface area contributed by atoms with Crippen LogP contribution in [0, 0.1) is 17.3 Å². The highest BCUT2D eigenvalue weighted by Crippen LogP contribution is 2.41. The fourth-order valence-corrected chi connectivity index (χ4v) is 15.6. The number of aromatic amines is 1. The first-order valence-electron chi connectivity index (χ1n) is 41.6. The van der Waals surface area contributed by atoms with Crippen molar-refractivity contribution in [3.63, 3.8) is 0 Å². The zero-order valence-corrected chi connectivity index (χ0v) is 70.9. The third-order valence-electron chi connectivity index (χ3n) is 21.1. The summed E-state index contributed by atoms with van der Waals surface area (Å²) in [4.78, 5) is 95.7. The number of ketones is 1. The van der Waals surface area contributed by atoms with E-state index in [4.69, 9.17) is 71.1 Å². The minimum absolute atomic E-state index is 0.0418. The van der Waals surface area contributed by atoms with Crippen LogP contribution in [0.4, 0.5) is 11.4 Å². The zero-order valence-electron chi connectivity index (χ0n) is 70.1. The molecule has 6 amide bonds. The zero-order chi connectivity index (χ0) is 89.1. The summed E-state index contributed by atoms with van der Waals surface area (Å²) < 4.78 is 118. The highest BCUT2D eigenvalue weighted by atomic mass is 32.2. The third kappa shape index (κ3) is 29.5. The summed E-state index contributed by atoms with van der Waals surface area (Å²) in [6.45, 7) is 5.80. The fourth-order valence-electron chi connectivity index (χ4n) is 14.3. The van der Waals surface area contributed by atoms with Crippen LogP contribution in [0.15, 0.2) is 83.9 Å². The number of H-pyrrole nitrogens is 1. The van der Waals surface area contributed by atoms with Gasteiger partial charge in [0.05, 0.1) is 187 Å². The van der Waals surface area contributed by atoms with Crippen LogP contribution in [0.1, 0.15) is 80.5 Å². The number of benzene rings is 4. The first-order chi connectivity index (χ1) is 59.8. The molecule has 16 N–H and O–H groups in total. The highest BCUT2D eigenvalue weighted by molar-refractivity contribution is 7.93. The van der Waals surface area contributed by atoms with Crippen LogP contribution in [-0.2, 0) is 105 Å². The Kier molecular flexibility index (Phi) is 41.1.